The second-order valence-corrected chi connectivity index (χ2v) is 11.3. The van der Waals surface area contributed by atoms with Gasteiger partial charge in [-0.15, -0.1) is 0 Å². The minimum absolute atomic E-state index is 0.548. The summed E-state index contributed by atoms with van der Waals surface area (Å²) in [6.45, 7) is 8.36. The van der Waals surface area contributed by atoms with Crippen LogP contribution in [0.25, 0.3) is 0 Å². The molecule has 2 heterocycles. The van der Waals surface area contributed by atoms with Crippen molar-refractivity contribution >= 4 is 17.6 Å². The van der Waals surface area contributed by atoms with Gasteiger partial charge < -0.3 is 31.9 Å². The molecule has 0 amide bonds. The summed E-state index contributed by atoms with van der Waals surface area (Å²) < 4.78 is 0. The van der Waals surface area contributed by atoms with Gasteiger partial charge in [-0.3, -0.25) is 0 Å². The molecule has 1 saturated heterocycles. The summed E-state index contributed by atoms with van der Waals surface area (Å²) >= 11 is 0. The minimum atomic E-state index is 0.548. The van der Waals surface area contributed by atoms with Gasteiger partial charge in [-0.25, -0.2) is 0 Å². The average Bonchev–Trinajstić information content (AvgIpc) is 3.49. The number of hydrogen-bond donors (Lipinski definition) is 5. The Hall–Kier alpha value is -1.64. The first-order chi connectivity index (χ1) is 16.7. The van der Waals surface area contributed by atoms with E-state index in [9.17, 15) is 0 Å². The third-order valence-electron chi connectivity index (χ3n) is 8.80. The van der Waals surface area contributed by atoms with Crippen molar-refractivity contribution in [1.29, 1.82) is 0 Å². The third-order valence-corrected chi connectivity index (χ3v) is 8.80. The average molecular weight is 471 g/mol. The van der Waals surface area contributed by atoms with E-state index in [2.05, 4.69) is 31.2 Å². The number of anilines is 3. The van der Waals surface area contributed by atoms with E-state index < -0.39 is 0 Å². The fraction of sp³-hybridized carbons (Fsp3) is 0.846. The molecule has 0 spiro atoms. The third kappa shape index (κ3) is 6.52. The summed E-state index contributed by atoms with van der Waals surface area (Å²) in [6.07, 6.45) is 12.4. The molecule has 190 valence electrons. The van der Waals surface area contributed by atoms with Crippen LogP contribution in [-0.2, 0) is 0 Å². The maximum Gasteiger partial charge on any atom is 0.226 e. The zero-order valence-corrected chi connectivity index (χ0v) is 20.9. The van der Waals surface area contributed by atoms with Gasteiger partial charge in [0.25, 0.3) is 0 Å². The maximum atomic E-state index is 6.07. The normalized spacial score (nSPS) is 31.2. The van der Waals surface area contributed by atoms with Gasteiger partial charge in [-0.1, -0.05) is 6.42 Å². The highest BCUT2D eigenvalue weighted by Crippen LogP contribution is 2.44. The zero-order chi connectivity index (χ0) is 23.2. The summed E-state index contributed by atoms with van der Waals surface area (Å²) in [7, 11) is 0. The molecule has 6 N–H and O–H groups in total. The number of hydrogen-bond acceptors (Lipinski definition) is 8. The molecule has 3 aliphatic carbocycles. The van der Waals surface area contributed by atoms with Crippen LogP contribution in [-0.4, -0.2) is 68.4 Å². The predicted molar refractivity (Wildman–Crippen MR) is 140 cm³/mol. The van der Waals surface area contributed by atoms with Crippen LogP contribution in [0.5, 0.6) is 0 Å². The number of fused-ring (bicyclic) bond motifs is 2. The van der Waals surface area contributed by atoms with Gasteiger partial charge in [0, 0.05) is 44.8 Å². The number of piperazine rings is 1. The molecule has 3 unspecified atom stereocenters. The van der Waals surface area contributed by atoms with Crippen LogP contribution in [0.15, 0.2) is 6.07 Å². The van der Waals surface area contributed by atoms with Gasteiger partial charge in [0.2, 0.25) is 5.95 Å². The SMILES string of the molecule is Nc1cc(N2CCNCC2)nc(NCC2CCC(CNCCCNC3CC4CCC3C4)CC2)n1. The van der Waals surface area contributed by atoms with Crippen molar-refractivity contribution in [2.24, 2.45) is 23.7 Å². The number of rotatable bonds is 11. The molecule has 8 heteroatoms. The van der Waals surface area contributed by atoms with Gasteiger partial charge in [0.1, 0.15) is 11.6 Å². The smallest absolute Gasteiger partial charge is 0.226 e. The van der Waals surface area contributed by atoms with E-state index in [-0.39, 0.29) is 0 Å². The molecule has 4 aliphatic rings. The number of nitrogens with zero attached hydrogens (tertiary/aromatic N) is 3. The lowest BCUT2D eigenvalue weighted by atomic mass is 9.82. The van der Waals surface area contributed by atoms with Crippen LogP contribution in [0.4, 0.5) is 17.6 Å². The van der Waals surface area contributed by atoms with E-state index >= 15 is 0 Å². The van der Waals surface area contributed by atoms with Crippen LogP contribution in [0, 0.1) is 23.7 Å². The van der Waals surface area contributed by atoms with Gasteiger partial charge in [0.15, 0.2) is 0 Å². The molecule has 8 nitrogen and oxygen atoms in total. The minimum Gasteiger partial charge on any atom is -0.383 e. The van der Waals surface area contributed by atoms with Crippen LogP contribution >= 0.6 is 0 Å². The Balaban J connectivity index is 0.936. The fourth-order valence-electron chi connectivity index (χ4n) is 6.76. The molecule has 1 aromatic rings. The molecule has 1 aromatic heterocycles. The predicted octanol–water partition coefficient (Wildman–Crippen LogP) is 2.44. The Morgan fingerprint density at radius 1 is 0.941 bits per heavy atom. The van der Waals surface area contributed by atoms with E-state index in [1.807, 2.05) is 6.07 Å². The number of nitrogen functional groups attached to an aromatic ring is 1. The highest BCUT2D eigenvalue weighted by atomic mass is 15.3. The standard InChI is InChI=1S/C26H46N8/c27-24-16-25(34-12-10-28-11-13-34)33-26(32-24)31-18-20-4-2-19(3-5-20)17-29-8-1-9-30-23-15-21-6-7-22(23)14-21/h16,19-23,28-30H,1-15,17-18H2,(H3,27,31,32,33). The number of aromatic nitrogens is 2. The van der Waals surface area contributed by atoms with Crippen LogP contribution < -0.4 is 31.9 Å². The van der Waals surface area contributed by atoms with Crippen molar-refractivity contribution < 1.29 is 0 Å². The second kappa shape index (κ2) is 11.9. The van der Waals surface area contributed by atoms with Crippen molar-refractivity contribution in [2.75, 3.05) is 68.3 Å². The molecule has 3 saturated carbocycles. The van der Waals surface area contributed by atoms with Crippen molar-refractivity contribution in [3.63, 3.8) is 0 Å². The zero-order valence-electron chi connectivity index (χ0n) is 20.9. The first-order valence-electron chi connectivity index (χ1n) is 14.0. The fourth-order valence-corrected chi connectivity index (χ4v) is 6.76. The first-order valence-corrected chi connectivity index (χ1v) is 14.0. The van der Waals surface area contributed by atoms with E-state index in [1.165, 1.54) is 70.9 Å². The van der Waals surface area contributed by atoms with E-state index in [0.29, 0.717) is 17.7 Å². The highest BCUT2D eigenvalue weighted by Gasteiger charge is 2.38. The number of nitrogens with one attached hydrogen (secondary N) is 4. The quantitative estimate of drug-likeness (QED) is 0.314. The molecule has 3 atom stereocenters. The van der Waals surface area contributed by atoms with E-state index in [0.717, 1.165) is 68.9 Å². The Labute approximate surface area is 205 Å². The summed E-state index contributed by atoms with van der Waals surface area (Å²) in [4.78, 5) is 11.4. The lowest BCUT2D eigenvalue weighted by Gasteiger charge is -2.30. The monoisotopic (exact) mass is 470 g/mol. The van der Waals surface area contributed by atoms with E-state index in [1.54, 1.807) is 0 Å². The Morgan fingerprint density at radius 2 is 1.74 bits per heavy atom. The van der Waals surface area contributed by atoms with Crippen molar-refractivity contribution in [2.45, 2.75) is 63.8 Å². The summed E-state index contributed by atoms with van der Waals surface area (Å²) in [5, 5.41) is 14.4. The number of nitrogens with two attached hydrogens (primary N) is 1. The first kappa shape index (κ1) is 24.1. The Kier molecular flexibility index (Phi) is 8.40. The molecule has 4 fully saturated rings. The Bertz CT molecular complexity index is 759. The van der Waals surface area contributed by atoms with Gasteiger partial charge in [-0.2, -0.15) is 9.97 Å². The molecule has 34 heavy (non-hydrogen) atoms. The molecule has 2 bridgehead atoms. The topological polar surface area (TPSA) is 103 Å². The van der Waals surface area contributed by atoms with Gasteiger partial charge in [-0.05, 0) is 94.7 Å². The van der Waals surface area contributed by atoms with Gasteiger partial charge >= 0.3 is 0 Å². The highest BCUT2D eigenvalue weighted by molar-refractivity contribution is 5.51. The maximum absolute atomic E-state index is 6.07. The van der Waals surface area contributed by atoms with Crippen molar-refractivity contribution in [1.82, 2.24) is 25.9 Å². The van der Waals surface area contributed by atoms with E-state index in [4.69, 9.17) is 10.7 Å². The lowest BCUT2D eigenvalue weighted by Crippen LogP contribution is -2.44. The summed E-state index contributed by atoms with van der Waals surface area (Å²) in [6, 6.07) is 2.72. The van der Waals surface area contributed by atoms with Crippen molar-refractivity contribution in [3.05, 3.63) is 6.07 Å². The van der Waals surface area contributed by atoms with Crippen molar-refractivity contribution in [3.8, 4) is 0 Å². The lowest BCUT2D eigenvalue weighted by molar-refractivity contribution is 0.275. The van der Waals surface area contributed by atoms with Crippen LogP contribution in [0.1, 0.15) is 57.8 Å². The Morgan fingerprint density at radius 3 is 2.47 bits per heavy atom. The molecule has 5 rings (SSSR count). The molecule has 0 radical (unpaired) electrons. The second-order valence-electron chi connectivity index (χ2n) is 11.3. The largest absolute Gasteiger partial charge is 0.383 e. The van der Waals surface area contributed by atoms with Crippen LogP contribution in [0.2, 0.25) is 0 Å². The molecular formula is C26H46N8. The summed E-state index contributed by atoms with van der Waals surface area (Å²) in [5.41, 5.74) is 6.07. The molecule has 0 aromatic carbocycles. The van der Waals surface area contributed by atoms with Crippen LogP contribution in [0.3, 0.4) is 0 Å². The summed E-state index contributed by atoms with van der Waals surface area (Å²) in [5.74, 6) is 5.73. The molecular weight excluding hydrogens is 424 g/mol. The van der Waals surface area contributed by atoms with Gasteiger partial charge in [0.05, 0.1) is 0 Å². The molecule has 1 aliphatic heterocycles.